The predicted molar refractivity (Wildman–Crippen MR) is 249 cm³/mol. The maximum absolute atomic E-state index is 15.7. The van der Waals surface area contributed by atoms with Gasteiger partial charge < -0.3 is 54.2 Å². The number of aliphatic hydroxyl groups excluding tert-OH is 1. The molecule has 0 unspecified atom stereocenters. The number of aliphatic hydroxyl groups is 2. The first-order valence-electron chi connectivity index (χ1n) is 23.2. The first-order valence-corrected chi connectivity index (χ1v) is 23.2. The lowest BCUT2D eigenvalue weighted by Gasteiger charge is -2.67. The van der Waals surface area contributed by atoms with Crippen LogP contribution in [-0.2, 0) is 47.6 Å². The van der Waals surface area contributed by atoms with Gasteiger partial charge in [-0.05, 0) is 61.9 Å². The molecule has 2 saturated carbocycles. The molecule has 2 bridgehead atoms. The fraction of sp³-hybridized carbons (Fsp3) is 0.481. The smallest absolute Gasteiger partial charge is 0.410 e. The van der Waals surface area contributed by atoms with E-state index in [1.807, 2.05) is 0 Å². The Morgan fingerprint density at radius 2 is 1.46 bits per heavy atom. The molecule has 4 aliphatic rings. The van der Waals surface area contributed by atoms with E-state index in [-0.39, 0.29) is 41.8 Å². The van der Waals surface area contributed by atoms with Gasteiger partial charge >= 0.3 is 30.0 Å². The number of amides is 2. The maximum Gasteiger partial charge on any atom is 0.410 e. The SMILES string of the molecule is CNCCN(C)C(=O)O[C@@H](C(=O)O[C@H]1C[C@@]2(O)[C@@H](OC(=O)c3ccccc3)[C@@H]3[C@]4(OC(C)=O)CO[C@@H]4C[C@H](O)[C@@]3(C)C(=O)[C@H](OC(C)=O)C(=C1C)C2(C)C)[C@@H](NC(=O)c1ccccc1)c1ccccc1. The number of Topliss-reactive ketones (excluding diaryl/α,β-unsaturated/α-hetero) is 1. The van der Waals surface area contributed by atoms with Crippen molar-refractivity contribution in [3.05, 3.63) is 119 Å². The highest BCUT2D eigenvalue weighted by Gasteiger charge is 2.78. The van der Waals surface area contributed by atoms with Crippen molar-refractivity contribution in [3.63, 3.8) is 0 Å². The number of esters is 4. The summed E-state index contributed by atoms with van der Waals surface area (Å²) in [5.74, 6) is -6.95. The topological polar surface area (TPSA) is 243 Å². The predicted octanol–water partition coefficient (Wildman–Crippen LogP) is 4.03. The molecule has 0 spiro atoms. The van der Waals surface area contributed by atoms with Crippen LogP contribution in [0.25, 0.3) is 0 Å². The molecule has 18 heteroatoms. The van der Waals surface area contributed by atoms with Gasteiger partial charge in [-0.15, -0.1) is 0 Å². The normalized spacial score (nSPS) is 29.4. The average molecular weight is 968 g/mol. The molecular formula is C52H61N3O15. The lowest BCUT2D eigenvalue weighted by atomic mass is 9.44. The number of nitrogens with one attached hydrogen (secondary N) is 2. The number of hydrogen-bond donors (Lipinski definition) is 4. The second kappa shape index (κ2) is 20.1. The van der Waals surface area contributed by atoms with Crippen molar-refractivity contribution >= 4 is 41.7 Å². The van der Waals surface area contributed by atoms with Gasteiger partial charge in [0.1, 0.15) is 30.0 Å². The van der Waals surface area contributed by atoms with Gasteiger partial charge in [0, 0.05) is 57.8 Å². The summed E-state index contributed by atoms with van der Waals surface area (Å²) < 4.78 is 36.9. The summed E-state index contributed by atoms with van der Waals surface area (Å²) in [5, 5.41) is 31.9. The Bertz CT molecular complexity index is 2520. The highest BCUT2D eigenvalue weighted by Crippen LogP contribution is 2.64. The lowest BCUT2D eigenvalue weighted by molar-refractivity contribution is -0.346. The molecule has 1 heterocycles. The molecule has 0 radical (unpaired) electrons. The van der Waals surface area contributed by atoms with Crippen LogP contribution in [0, 0.1) is 16.7 Å². The Labute approximate surface area is 406 Å². The van der Waals surface area contributed by atoms with Crippen LogP contribution in [0.4, 0.5) is 4.79 Å². The van der Waals surface area contributed by atoms with Crippen LogP contribution in [0.1, 0.15) is 86.7 Å². The lowest BCUT2D eigenvalue weighted by Crippen LogP contribution is -2.82. The second-order valence-corrected chi connectivity index (χ2v) is 19.2. The summed E-state index contributed by atoms with van der Waals surface area (Å²) in [5.41, 5.74) is -7.33. The van der Waals surface area contributed by atoms with Crippen molar-refractivity contribution in [2.24, 2.45) is 16.7 Å². The Kier molecular flexibility index (Phi) is 14.8. The van der Waals surface area contributed by atoms with E-state index < -0.39 is 119 Å². The van der Waals surface area contributed by atoms with Crippen molar-refractivity contribution < 1.29 is 72.2 Å². The molecule has 0 aromatic heterocycles. The molecule has 1 aliphatic heterocycles. The molecule has 11 atom stereocenters. The van der Waals surface area contributed by atoms with E-state index in [1.54, 1.807) is 99.8 Å². The molecule has 3 fully saturated rings. The van der Waals surface area contributed by atoms with Gasteiger partial charge in [-0.1, -0.05) is 80.6 Å². The van der Waals surface area contributed by atoms with E-state index in [1.165, 1.54) is 37.9 Å². The molecule has 7 rings (SSSR count). The number of ether oxygens (including phenoxy) is 6. The fourth-order valence-electron chi connectivity index (χ4n) is 10.9. The number of nitrogens with zero attached hydrogens (tertiary/aromatic N) is 1. The molecule has 4 N–H and O–H groups in total. The summed E-state index contributed by atoms with van der Waals surface area (Å²) in [4.78, 5) is 101. The third-order valence-electron chi connectivity index (χ3n) is 14.7. The van der Waals surface area contributed by atoms with Gasteiger partial charge in [0.15, 0.2) is 17.5 Å². The summed E-state index contributed by atoms with van der Waals surface area (Å²) in [6.45, 7) is 8.45. The zero-order valence-electron chi connectivity index (χ0n) is 40.5. The third kappa shape index (κ3) is 9.20. The molecule has 3 aromatic rings. The van der Waals surface area contributed by atoms with Crippen molar-refractivity contribution in [1.29, 1.82) is 0 Å². The van der Waals surface area contributed by atoms with Crippen LogP contribution < -0.4 is 10.6 Å². The summed E-state index contributed by atoms with van der Waals surface area (Å²) >= 11 is 0. The summed E-state index contributed by atoms with van der Waals surface area (Å²) in [7, 11) is 3.15. The van der Waals surface area contributed by atoms with Crippen LogP contribution in [0.3, 0.4) is 0 Å². The minimum atomic E-state index is -2.45. The van der Waals surface area contributed by atoms with E-state index >= 15 is 9.59 Å². The maximum atomic E-state index is 15.7. The molecule has 3 aliphatic carbocycles. The van der Waals surface area contributed by atoms with E-state index in [2.05, 4.69) is 10.6 Å². The van der Waals surface area contributed by atoms with Gasteiger partial charge in [-0.25, -0.2) is 14.4 Å². The Hall–Kier alpha value is -6.47. The largest absolute Gasteiger partial charge is 0.455 e. The molecule has 3 aromatic carbocycles. The van der Waals surface area contributed by atoms with E-state index in [9.17, 15) is 34.2 Å². The quantitative estimate of drug-likeness (QED) is 0.101. The average Bonchev–Trinajstić information content (AvgIpc) is 3.33. The minimum Gasteiger partial charge on any atom is -0.455 e. The summed E-state index contributed by atoms with van der Waals surface area (Å²) in [6.07, 6.45) is -11.6. The molecule has 70 heavy (non-hydrogen) atoms. The third-order valence-corrected chi connectivity index (χ3v) is 14.7. The Morgan fingerprint density at radius 1 is 0.857 bits per heavy atom. The van der Waals surface area contributed by atoms with Crippen LogP contribution in [-0.4, -0.2) is 138 Å². The first kappa shape index (κ1) is 51.4. The molecule has 374 valence electrons. The van der Waals surface area contributed by atoms with Crippen molar-refractivity contribution in [2.75, 3.05) is 33.8 Å². The Balaban J connectivity index is 1.42. The monoisotopic (exact) mass is 967 g/mol. The van der Waals surface area contributed by atoms with E-state index in [0.29, 0.717) is 12.1 Å². The minimum absolute atomic E-state index is 0.0299. The highest BCUT2D eigenvalue weighted by molar-refractivity contribution is 5.96. The number of carbonyl (C=O) groups is 7. The molecular weight excluding hydrogens is 907 g/mol. The van der Waals surface area contributed by atoms with E-state index in [4.69, 9.17) is 28.4 Å². The number of likely N-dealkylation sites (N-methyl/N-ethyl adjacent to an activating group) is 2. The van der Waals surface area contributed by atoms with Crippen LogP contribution in [0.5, 0.6) is 0 Å². The number of benzene rings is 3. The van der Waals surface area contributed by atoms with Gasteiger partial charge in [0.2, 0.25) is 6.10 Å². The fourth-order valence-corrected chi connectivity index (χ4v) is 10.9. The van der Waals surface area contributed by atoms with Crippen LogP contribution in [0.2, 0.25) is 0 Å². The van der Waals surface area contributed by atoms with Crippen molar-refractivity contribution in [2.45, 2.75) is 108 Å². The number of fused-ring (bicyclic) bond motifs is 5. The van der Waals surface area contributed by atoms with E-state index in [0.717, 1.165) is 13.8 Å². The molecule has 18 nitrogen and oxygen atoms in total. The first-order chi connectivity index (χ1) is 33.1. The standard InChI is InChI=1S/C52H61N3O15/c1-29-35(67-47(62)41(68-48(63)55(8)25-24-53-7)39(32-18-12-9-13-19-32)54-45(60)33-20-14-10-15-21-33)27-52(64)44(69-46(61)34-22-16-11-17-23-34)42-50(6,36(58)26-37-51(42,28-65-37)70-31(3)57)43(59)40(66-30(2)56)38(29)49(52,4)5/h9-23,35-37,39-42,44,53,58,64H,24-28H2,1-8H3,(H,54,60)/t35-,36-,37+,39-,40+,41+,42-,44-,50+,51-,52+/m0/s1. The number of rotatable bonds is 14. The number of hydrogen-bond acceptors (Lipinski definition) is 16. The van der Waals surface area contributed by atoms with Gasteiger partial charge in [0.05, 0.1) is 29.6 Å². The highest BCUT2D eigenvalue weighted by atomic mass is 16.6. The summed E-state index contributed by atoms with van der Waals surface area (Å²) in [6, 6.07) is 22.9. The zero-order chi connectivity index (χ0) is 50.9. The van der Waals surface area contributed by atoms with Crippen molar-refractivity contribution in [3.8, 4) is 0 Å². The number of ketones is 1. The molecule has 1 saturated heterocycles. The zero-order valence-corrected chi connectivity index (χ0v) is 40.5. The van der Waals surface area contributed by atoms with Gasteiger partial charge in [0.25, 0.3) is 5.91 Å². The van der Waals surface area contributed by atoms with Gasteiger partial charge in [-0.2, -0.15) is 0 Å². The number of carbonyl (C=O) groups excluding carboxylic acids is 7. The van der Waals surface area contributed by atoms with Gasteiger partial charge in [-0.3, -0.25) is 19.2 Å². The van der Waals surface area contributed by atoms with Crippen molar-refractivity contribution in [1.82, 2.24) is 15.5 Å². The second-order valence-electron chi connectivity index (χ2n) is 19.2. The van der Waals surface area contributed by atoms with Crippen LogP contribution >= 0.6 is 0 Å². The van der Waals surface area contributed by atoms with Crippen LogP contribution in [0.15, 0.2) is 102 Å². The molecule has 2 amide bonds. The Morgan fingerprint density at radius 3 is 2.01 bits per heavy atom.